The molecule has 0 heterocycles. The van der Waals surface area contributed by atoms with Gasteiger partial charge in [-0.1, -0.05) is 30.3 Å². The average molecular weight is 372 g/mol. The minimum atomic E-state index is -1.06. The van der Waals surface area contributed by atoms with E-state index >= 15 is 0 Å². The molecule has 0 radical (unpaired) electrons. The summed E-state index contributed by atoms with van der Waals surface area (Å²) in [6, 6.07) is 12.9. The van der Waals surface area contributed by atoms with E-state index in [2.05, 4.69) is 5.32 Å². The van der Waals surface area contributed by atoms with Gasteiger partial charge in [0, 0.05) is 12.6 Å². The highest BCUT2D eigenvalue weighted by atomic mass is 16.6. The average Bonchev–Trinajstić information content (AvgIpc) is 2.65. The van der Waals surface area contributed by atoms with E-state index in [1.54, 1.807) is 31.2 Å². The van der Waals surface area contributed by atoms with Crippen LogP contribution in [0.2, 0.25) is 0 Å². The number of hydrogen-bond donors (Lipinski definition) is 2. The molecule has 27 heavy (non-hydrogen) atoms. The van der Waals surface area contributed by atoms with Crippen LogP contribution in [0.15, 0.2) is 48.5 Å². The molecule has 1 unspecified atom stereocenters. The first kappa shape index (κ1) is 19.9. The van der Waals surface area contributed by atoms with Gasteiger partial charge < -0.3 is 15.2 Å². The summed E-state index contributed by atoms with van der Waals surface area (Å²) in [7, 11) is 0. The van der Waals surface area contributed by atoms with E-state index in [4.69, 9.17) is 4.74 Å². The molecule has 8 nitrogen and oxygen atoms in total. The fourth-order valence-corrected chi connectivity index (χ4v) is 2.57. The van der Waals surface area contributed by atoms with Crippen molar-refractivity contribution in [2.75, 3.05) is 13.2 Å². The number of rotatable bonds is 9. The zero-order chi connectivity index (χ0) is 19.8. The van der Waals surface area contributed by atoms with Crippen molar-refractivity contribution in [2.24, 2.45) is 5.92 Å². The number of nitrogens with one attached hydrogen (secondary N) is 1. The van der Waals surface area contributed by atoms with Gasteiger partial charge >= 0.3 is 5.97 Å². The number of nitrogens with zero attached hydrogens (tertiary/aromatic N) is 1. The van der Waals surface area contributed by atoms with Gasteiger partial charge in [0.2, 0.25) is 0 Å². The second kappa shape index (κ2) is 9.33. The van der Waals surface area contributed by atoms with Crippen LogP contribution in [0.4, 0.5) is 5.69 Å². The van der Waals surface area contributed by atoms with Crippen molar-refractivity contribution in [1.29, 1.82) is 0 Å². The molecule has 142 valence electrons. The summed E-state index contributed by atoms with van der Waals surface area (Å²) in [5, 5.41) is 23.1. The molecule has 1 amide bonds. The standard InChI is InChI=1S/C19H20N2O6/c1-2-27-15-8-9-17(21(25)26)16(11-15)18(22)20-12-14(19(23)24)10-13-6-4-3-5-7-13/h3-9,11,14H,2,10,12H2,1H3,(H,20,22)(H,23,24). The number of aliphatic carboxylic acids is 1. The molecule has 2 aromatic carbocycles. The summed E-state index contributed by atoms with van der Waals surface area (Å²) >= 11 is 0. The fraction of sp³-hybridized carbons (Fsp3) is 0.263. The quantitative estimate of drug-likeness (QED) is 0.516. The Kier molecular flexibility index (Phi) is 6.87. The monoisotopic (exact) mass is 372 g/mol. The van der Waals surface area contributed by atoms with Crippen molar-refractivity contribution in [3.05, 3.63) is 69.8 Å². The molecule has 0 spiro atoms. The number of carboxylic acid groups (broad SMARTS) is 1. The number of nitro benzene ring substituents is 1. The number of amides is 1. The Morgan fingerprint density at radius 1 is 1.22 bits per heavy atom. The van der Waals surface area contributed by atoms with E-state index < -0.39 is 22.7 Å². The third kappa shape index (κ3) is 5.53. The molecule has 0 aliphatic carbocycles. The van der Waals surface area contributed by atoms with Crippen LogP contribution < -0.4 is 10.1 Å². The lowest BCUT2D eigenvalue weighted by atomic mass is 9.99. The Morgan fingerprint density at radius 2 is 1.93 bits per heavy atom. The zero-order valence-corrected chi connectivity index (χ0v) is 14.8. The lowest BCUT2D eigenvalue weighted by molar-refractivity contribution is -0.385. The van der Waals surface area contributed by atoms with Gasteiger partial charge in [-0.05, 0) is 31.0 Å². The molecule has 0 saturated carbocycles. The van der Waals surface area contributed by atoms with Crippen LogP contribution in [-0.4, -0.2) is 35.1 Å². The number of nitro groups is 1. The third-order valence-corrected chi connectivity index (χ3v) is 3.90. The normalized spacial score (nSPS) is 11.4. The maximum Gasteiger partial charge on any atom is 0.308 e. The van der Waals surface area contributed by atoms with E-state index in [0.717, 1.165) is 5.56 Å². The van der Waals surface area contributed by atoms with Crippen molar-refractivity contribution in [3.63, 3.8) is 0 Å². The summed E-state index contributed by atoms with van der Waals surface area (Å²) < 4.78 is 5.28. The van der Waals surface area contributed by atoms with Gasteiger partial charge in [-0.25, -0.2) is 0 Å². The molecule has 2 aromatic rings. The molecule has 8 heteroatoms. The summed E-state index contributed by atoms with van der Waals surface area (Å²) in [5.41, 5.74) is 0.282. The highest BCUT2D eigenvalue weighted by molar-refractivity contribution is 5.98. The first-order chi connectivity index (χ1) is 12.9. The Bertz CT molecular complexity index is 822. The number of benzene rings is 2. The van der Waals surface area contributed by atoms with Gasteiger partial charge in [-0.15, -0.1) is 0 Å². The molecule has 0 fully saturated rings. The Balaban J connectivity index is 2.13. The molecule has 0 saturated heterocycles. The molecule has 2 rings (SSSR count). The SMILES string of the molecule is CCOc1ccc([N+](=O)[O-])c(C(=O)NCC(Cc2ccccc2)C(=O)O)c1. The van der Waals surface area contributed by atoms with Crippen molar-refractivity contribution in [1.82, 2.24) is 5.32 Å². The lowest BCUT2D eigenvalue weighted by Crippen LogP contribution is -2.34. The minimum absolute atomic E-state index is 0.154. The second-order valence-electron chi connectivity index (χ2n) is 5.80. The molecular formula is C19H20N2O6. The molecule has 2 N–H and O–H groups in total. The Morgan fingerprint density at radius 3 is 2.52 bits per heavy atom. The van der Waals surface area contributed by atoms with Gasteiger partial charge in [-0.2, -0.15) is 0 Å². The van der Waals surface area contributed by atoms with Crippen LogP contribution in [0.5, 0.6) is 5.75 Å². The molecule has 1 atom stereocenters. The number of carbonyl (C=O) groups is 2. The minimum Gasteiger partial charge on any atom is -0.494 e. The van der Waals surface area contributed by atoms with Crippen LogP contribution >= 0.6 is 0 Å². The van der Waals surface area contributed by atoms with E-state index in [1.165, 1.54) is 18.2 Å². The van der Waals surface area contributed by atoms with Crippen LogP contribution in [0.3, 0.4) is 0 Å². The van der Waals surface area contributed by atoms with Gasteiger partial charge in [0.15, 0.2) is 0 Å². The molecule has 0 bridgehead atoms. The van der Waals surface area contributed by atoms with Crippen LogP contribution in [0.25, 0.3) is 0 Å². The van der Waals surface area contributed by atoms with Gasteiger partial charge in [0.05, 0.1) is 17.4 Å². The predicted molar refractivity (Wildman–Crippen MR) is 97.9 cm³/mol. The summed E-state index contributed by atoms with van der Waals surface area (Å²) in [4.78, 5) is 34.4. The smallest absolute Gasteiger partial charge is 0.308 e. The zero-order valence-electron chi connectivity index (χ0n) is 14.8. The Labute approximate surface area is 155 Å². The van der Waals surface area contributed by atoms with Crippen molar-refractivity contribution in [2.45, 2.75) is 13.3 Å². The second-order valence-corrected chi connectivity index (χ2v) is 5.80. The topological polar surface area (TPSA) is 119 Å². The molecule has 0 aromatic heterocycles. The van der Waals surface area contributed by atoms with Crippen molar-refractivity contribution >= 4 is 17.6 Å². The van der Waals surface area contributed by atoms with Crippen molar-refractivity contribution in [3.8, 4) is 5.75 Å². The maximum absolute atomic E-state index is 12.4. The lowest BCUT2D eigenvalue weighted by Gasteiger charge is -2.14. The maximum atomic E-state index is 12.4. The largest absolute Gasteiger partial charge is 0.494 e. The van der Waals surface area contributed by atoms with Gasteiger partial charge in [0.25, 0.3) is 11.6 Å². The fourth-order valence-electron chi connectivity index (χ4n) is 2.57. The predicted octanol–water partition coefficient (Wildman–Crippen LogP) is 2.67. The van der Waals surface area contributed by atoms with Crippen LogP contribution in [0.1, 0.15) is 22.8 Å². The number of carboxylic acids is 1. The summed E-state index contributed by atoms with van der Waals surface area (Å²) in [5.74, 6) is -2.31. The van der Waals surface area contributed by atoms with E-state index in [-0.39, 0.29) is 24.2 Å². The molecule has 0 aliphatic heterocycles. The van der Waals surface area contributed by atoms with E-state index in [1.807, 2.05) is 6.07 Å². The Hall–Kier alpha value is -3.42. The number of carbonyl (C=O) groups excluding carboxylic acids is 1. The summed E-state index contributed by atoms with van der Waals surface area (Å²) in [6.45, 7) is 1.94. The van der Waals surface area contributed by atoms with Crippen LogP contribution in [0, 0.1) is 16.0 Å². The first-order valence-corrected chi connectivity index (χ1v) is 8.38. The van der Waals surface area contributed by atoms with Gasteiger partial charge in [-0.3, -0.25) is 19.7 Å². The van der Waals surface area contributed by atoms with Crippen molar-refractivity contribution < 1.29 is 24.4 Å². The number of hydrogen-bond acceptors (Lipinski definition) is 5. The number of ether oxygens (including phenoxy) is 1. The molecule has 0 aliphatic rings. The van der Waals surface area contributed by atoms with E-state index in [0.29, 0.717) is 12.4 Å². The molecular weight excluding hydrogens is 352 g/mol. The summed E-state index contributed by atoms with van der Waals surface area (Å²) in [6.07, 6.45) is 0.234. The van der Waals surface area contributed by atoms with Crippen LogP contribution in [-0.2, 0) is 11.2 Å². The highest BCUT2D eigenvalue weighted by Crippen LogP contribution is 2.24. The van der Waals surface area contributed by atoms with E-state index in [9.17, 15) is 24.8 Å². The third-order valence-electron chi connectivity index (χ3n) is 3.90. The highest BCUT2D eigenvalue weighted by Gasteiger charge is 2.24. The first-order valence-electron chi connectivity index (χ1n) is 8.38. The van der Waals surface area contributed by atoms with Gasteiger partial charge in [0.1, 0.15) is 11.3 Å².